The van der Waals surface area contributed by atoms with E-state index in [1.54, 1.807) is 23.5 Å². The van der Waals surface area contributed by atoms with E-state index < -0.39 is 0 Å². The second-order valence-electron chi connectivity index (χ2n) is 3.60. The molecular formula is C11H5Br2ClN2OS. The van der Waals surface area contributed by atoms with Crippen LogP contribution in [0.3, 0.4) is 0 Å². The molecule has 0 atom stereocenters. The fourth-order valence-corrected chi connectivity index (χ4v) is 4.50. The zero-order valence-electron chi connectivity index (χ0n) is 8.71. The molecule has 2 N–H and O–H groups in total. The second kappa shape index (κ2) is 4.52. The van der Waals surface area contributed by atoms with Crippen LogP contribution >= 0.6 is 54.8 Å². The third-order valence-corrected chi connectivity index (χ3v) is 5.06. The first kappa shape index (κ1) is 12.5. The minimum Gasteiger partial charge on any atom is -0.436 e. The molecule has 7 heteroatoms. The van der Waals surface area contributed by atoms with Crippen LogP contribution in [0.15, 0.2) is 30.2 Å². The number of benzene rings is 1. The largest absolute Gasteiger partial charge is 0.436 e. The number of rotatable bonds is 1. The second-order valence-corrected chi connectivity index (χ2v) is 7.75. The van der Waals surface area contributed by atoms with Gasteiger partial charge in [0.25, 0.3) is 0 Å². The van der Waals surface area contributed by atoms with Crippen molar-refractivity contribution in [2.75, 3.05) is 5.73 Å². The Labute approximate surface area is 128 Å². The summed E-state index contributed by atoms with van der Waals surface area (Å²) < 4.78 is 7.65. The number of hydrogen-bond donors (Lipinski definition) is 1. The summed E-state index contributed by atoms with van der Waals surface area (Å²) in [6.07, 6.45) is 0. The minimum absolute atomic E-state index is 0.480. The summed E-state index contributed by atoms with van der Waals surface area (Å²) in [5.41, 5.74) is 8.44. The standard InChI is InChI=1S/C11H5Br2ClN2OS/c12-9-1-4(10(13)18-9)11-16-7-2-5(14)6(15)3-8(7)17-11/h1-3H,15H2. The van der Waals surface area contributed by atoms with Gasteiger partial charge in [0.05, 0.1) is 23.8 Å². The molecule has 3 rings (SSSR count). The maximum Gasteiger partial charge on any atom is 0.229 e. The number of aromatic nitrogens is 1. The van der Waals surface area contributed by atoms with Crippen LogP contribution in [0.2, 0.25) is 5.02 Å². The molecule has 0 aliphatic rings. The van der Waals surface area contributed by atoms with Crippen LogP contribution < -0.4 is 5.73 Å². The molecule has 18 heavy (non-hydrogen) atoms. The van der Waals surface area contributed by atoms with Crippen LogP contribution in [-0.2, 0) is 0 Å². The summed E-state index contributed by atoms with van der Waals surface area (Å²) in [6, 6.07) is 5.34. The quantitative estimate of drug-likeness (QED) is 0.555. The first-order valence-electron chi connectivity index (χ1n) is 4.85. The van der Waals surface area contributed by atoms with Gasteiger partial charge < -0.3 is 10.2 Å². The average molecular weight is 409 g/mol. The Morgan fingerprint density at radius 1 is 1.28 bits per heavy atom. The SMILES string of the molecule is Nc1cc2oc(-c3cc(Br)sc3Br)nc2cc1Cl. The Morgan fingerprint density at radius 2 is 2.06 bits per heavy atom. The molecule has 2 heterocycles. The van der Waals surface area contributed by atoms with Crippen LogP contribution in [0.4, 0.5) is 5.69 Å². The van der Waals surface area contributed by atoms with E-state index in [0.717, 1.165) is 13.1 Å². The molecule has 0 unspecified atom stereocenters. The lowest BCUT2D eigenvalue weighted by molar-refractivity contribution is 0.620. The van der Waals surface area contributed by atoms with E-state index >= 15 is 0 Å². The Hall–Kier alpha value is -0.560. The van der Waals surface area contributed by atoms with Crippen molar-refractivity contribution in [3.8, 4) is 11.5 Å². The van der Waals surface area contributed by atoms with Gasteiger partial charge in [-0.2, -0.15) is 0 Å². The number of nitrogens with two attached hydrogens (primary N) is 1. The molecule has 0 radical (unpaired) electrons. The molecule has 2 aromatic heterocycles. The van der Waals surface area contributed by atoms with Crippen molar-refractivity contribution in [2.24, 2.45) is 0 Å². The summed E-state index contributed by atoms with van der Waals surface area (Å²) in [7, 11) is 0. The molecule has 0 fully saturated rings. The highest BCUT2D eigenvalue weighted by Gasteiger charge is 2.15. The van der Waals surface area contributed by atoms with E-state index in [4.69, 9.17) is 21.8 Å². The number of hydrogen-bond acceptors (Lipinski definition) is 4. The molecule has 0 amide bonds. The lowest BCUT2D eigenvalue weighted by atomic mass is 10.3. The van der Waals surface area contributed by atoms with Crippen molar-refractivity contribution in [2.45, 2.75) is 0 Å². The van der Waals surface area contributed by atoms with E-state index in [1.807, 2.05) is 6.07 Å². The number of fused-ring (bicyclic) bond motifs is 1. The highest BCUT2D eigenvalue weighted by molar-refractivity contribution is 9.12. The molecule has 0 saturated carbocycles. The van der Waals surface area contributed by atoms with Gasteiger partial charge in [-0.25, -0.2) is 4.98 Å². The first-order valence-corrected chi connectivity index (χ1v) is 7.63. The van der Waals surface area contributed by atoms with Crippen molar-refractivity contribution in [1.29, 1.82) is 0 Å². The van der Waals surface area contributed by atoms with Gasteiger partial charge in [0.15, 0.2) is 5.58 Å². The van der Waals surface area contributed by atoms with Crippen LogP contribution in [0, 0.1) is 0 Å². The Balaban J connectivity index is 2.22. The predicted molar refractivity (Wildman–Crippen MR) is 82.1 cm³/mol. The summed E-state index contributed by atoms with van der Waals surface area (Å²) in [6.45, 7) is 0. The van der Waals surface area contributed by atoms with E-state index in [2.05, 4.69) is 36.8 Å². The predicted octanol–water partition coefficient (Wildman–Crippen LogP) is 5.32. The van der Waals surface area contributed by atoms with Crippen LogP contribution in [-0.4, -0.2) is 4.98 Å². The highest BCUT2D eigenvalue weighted by atomic mass is 79.9. The summed E-state index contributed by atoms with van der Waals surface area (Å²) >= 11 is 14.4. The topological polar surface area (TPSA) is 52.0 Å². The molecule has 0 bridgehead atoms. The molecule has 0 aliphatic heterocycles. The fraction of sp³-hybridized carbons (Fsp3) is 0. The molecule has 0 saturated heterocycles. The molecule has 3 aromatic rings. The molecular weight excluding hydrogens is 403 g/mol. The number of thiophene rings is 1. The highest BCUT2D eigenvalue weighted by Crippen LogP contribution is 2.39. The third kappa shape index (κ3) is 2.07. The van der Waals surface area contributed by atoms with Crippen molar-refractivity contribution < 1.29 is 4.42 Å². The maximum atomic E-state index is 5.96. The van der Waals surface area contributed by atoms with Gasteiger partial charge in [0, 0.05) is 6.07 Å². The zero-order valence-corrected chi connectivity index (χ0v) is 13.5. The minimum atomic E-state index is 0.480. The monoisotopic (exact) mass is 406 g/mol. The van der Waals surface area contributed by atoms with Gasteiger partial charge >= 0.3 is 0 Å². The molecule has 1 aromatic carbocycles. The molecule has 0 spiro atoms. The first-order chi connectivity index (χ1) is 8.54. The van der Waals surface area contributed by atoms with Crippen LogP contribution in [0.5, 0.6) is 0 Å². The molecule has 3 nitrogen and oxygen atoms in total. The van der Waals surface area contributed by atoms with Crippen molar-refractivity contribution in [1.82, 2.24) is 4.98 Å². The Kier molecular flexibility index (Phi) is 3.13. The zero-order chi connectivity index (χ0) is 12.9. The van der Waals surface area contributed by atoms with Gasteiger partial charge in [0.1, 0.15) is 5.52 Å². The smallest absolute Gasteiger partial charge is 0.229 e. The number of nitrogens with zero attached hydrogens (tertiary/aromatic N) is 1. The van der Waals surface area contributed by atoms with Crippen molar-refractivity contribution in [3.05, 3.63) is 30.8 Å². The lowest BCUT2D eigenvalue weighted by Crippen LogP contribution is -1.84. The summed E-state index contributed by atoms with van der Waals surface area (Å²) in [5.74, 6) is 0.542. The average Bonchev–Trinajstić information content (AvgIpc) is 2.82. The molecule has 92 valence electrons. The Bertz CT molecular complexity index is 714. The van der Waals surface area contributed by atoms with Gasteiger partial charge in [-0.15, -0.1) is 11.3 Å². The fourth-order valence-electron chi connectivity index (χ4n) is 1.57. The third-order valence-electron chi connectivity index (χ3n) is 2.39. The molecule has 0 aliphatic carbocycles. The Morgan fingerprint density at radius 3 is 2.72 bits per heavy atom. The van der Waals surface area contributed by atoms with Gasteiger partial charge in [-0.1, -0.05) is 11.6 Å². The van der Waals surface area contributed by atoms with E-state index in [1.165, 1.54) is 0 Å². The summed E-state index contributed by atoms with van der Waals surface area (Å²) in [4.78, 5) is 4.41. The number of halogens is 3. The summed E-state index contributed by atoms with van der Waals surface area (Å²) in [5, 5.41) is 0.480. The van der Waals surface area contributed by atoms with Gasteiger partial charge in [-0.3, -0.25) is 0 Å². The van der Waals surface area contributed by atoms with Gasteiger partial charge in [-0.05, 0) is 44.0 Å². The maximum absolute atomic E-state index is 5.96. The lowest BCUT2D eigenvalue weighted by Gasteiger charge is -1.94. The number of anilines is 1. The van der Waals surface area contributed by atoms with E-state index in [-0.39, 0.29) is 0 Å². The normalized spacial score (nSPS) is 11.3. The van der Waals surface area contributed by atoms with Crippen molar-refractivity contribution in [3.63, 3.8) is 0 Å². The van der Waals surface area contributed by atoms with Crippen LogP contribution in [0.1, 0.15) is 0 Å². The van der Waals surface area contributed by atoms with Crippen molar-refractivity contribution >= 4 is 71.6 Å². The van der Waals surface area contributed by atoms with E-state index in [0.29, 0.717) is 27.7 Å². The number of oxazole rings is 1. The number of nitrogen functional groups attached to an aromatic ring is 1. The van der Waals surface area contributed by atoms with Crippen LogP contribution in [0.25, 0.3) is 22.6 Å². The van der Waals surface area contributed by atoms with Gasteiger partial charge in [0.2, 0.25) is 5.89 Å². The van der Waals surface area contributed by atoms with E-state index in [9.17, 15) is 0 Å².